The lowest BCUT2D eigenvalue weighted by Gasteiger charge is -2.18. The molecular formula is C18H19NO4. The molecule has 0 bridgehead atoms. The Kier molecular flexibility index (Phi) is 4.37. The van der Waals surface area contributed by atoms with Crippen LogP contribution in [-0.2, 0) is 4.79 Å². The average Bonchev–Trinajstić information content (AvgIpc) is 2.56. The van der Waals surface area contributed by atoms with Crippen molar-refractivity contribution in [2.24, 2.45) is 0 Å². The van der Waals surface area contributed by atoms with Gasteiger partial charge in [-0.2, -0.15) is 0 Å². The van der Waals surface area contributed by atoms with E-state index in [9.17, 15) is 4.79 Å². The summed E-state index contributed by atoms with van der Waals surface area (Å²) >= 11 is 0. The number of rotatable bonds is 4. The van der Waals surface area contributed by atoms with E-state index in [1.165, 1.54) is 0 Å². The third-order valence-corrected chi connectivity index (χ3v) is 3.55. The van der Waals surface area contributed by atoms with Gasteiger partial charge in [-0.05, 0) is 43.2 Å². The molecule has 0 fully saturated rings. The number of anilines is 1. The maximum absolute atomic E-state index is 12.0. The Hall–Kier alpha value is -2.69. The monoisotopic (exact) mass is 313 g/mol. The molecule has 0 saturated heterocycles. The van der Waals surface area contributed by atoms with Gasteiger partial charge in [-0.3, -0.25) is 4.79 Å². The summed E-state index contributed by atoms with van der Waals surface area (Å²) in [6.07, 6.45) is 0. The molecule has 0 unspecified atom stereocenters. The first kappa shape index (κ1) is 15.2. The summed E-state index contributed by atoms with van der Waals surface area (Å²) in [7, 11) is 0. The predicted octanol–water partition coefficient (Wildman–Crippen LogP) is 3.09. The lowest BCUT2D eigenvalue weighted by molar-refractivity contribution is -0.118. The zero-order valence-electron chi connectivity index (χ0n) is 13.2. The molecule has 1 aliphatic heterocycles. The normalized spacial score (nSPS) is 12.6. The van der Waals surface area contributed by atoms with E-state index >= 15 is 0 Å². The minimum Gasteiger partial charge on any atom is -0.486 e. The number of ether oxygens (including phenoxy) is 3. The Morgan fingerprint density at radius 2 is 1.87 bits per heavy atom. The fourth-order valence-electron chi connectivity index (χ4n) is 2.32. The minimum absolute atomic E-state index is 0.0625. The fourth-order valence-corrected chi connectivity index (χ4v) is 2.32. The highest BCUT2D eigenvalue weighted by atomic mass is 16.6. The molecule has 1 heterocycles. The lowest BCUT2D eigenvalue weighted by atomic mass is 10.1. The van der Waals surface area contributed by atoms with Crippen molar-refractivity contribution in [2.45, 2.75) is 13.8 Å². The van der Waals surface area contributed by atoms with Crippen molar-refractivity contribution in [2.75, 3.05) is 25.1 Å². The summed E-state index contributed by atoms with van der Waals surface area (Å²) in [5, 5.41) is 2.86. The Morgan fingerprint density at radius 3 is 2.70 bits per heavy atom. The molecule has 1 N–H and O–H groups in total. The molecule has 0 spiro atoms. The van der Waals surface area contributed by atoms with Crippen LogP contribution in [-0.4, -0.2) is 25.7 Å². The van der Waals surface area contributed by atoms with Crippen LogP contribution in [0.3, 0.4) is 0 Å². The Balaban J connectivity index is 1.59. The first-order valence-electron chi connectivity index (χ1n) is 7.51. The van der Waals surface area contributed by atoms with Gasteiger partial charge in [0.2, 0.25) is 0 Å². The van der Waals surface area contributed by atoms with Gasteiger partial charge in [-0.1, -0.05) is 12.1 Å². The van der Waals surface area contributed by atoms with Gasteiger partial charge in [-0.25, -0.2) is 0 Å². The van der Waals surface area contributed by atoms with Crippen LogP contribution in [0.15, 0.2) is 36.4 Å². The van der Waals surface area contributed by atoms with E-state index in [1.54, 1.807) is 18.2 Å². The lowest BCUT2D eigenvalue weighted by Crippen LogP contribution is -2.21. The molecule has 0 aliphatic carbocycles. The number of benzene rings is 2. The molecule has 0 saturated carbocycles. The number of amides is 1. The van der Waals surface area contributed by atoms with Crippen LogP contribution in [0.1, 0.15) is 11.1 Å². The number of carbonyl (C=O) groups is 1. The van der Waals surface area contributed by atoms with Crippen molar-refractivity contribution in [3.05, 3.63) is 47.5 Å². The van der Waals surface area contributed by atoms with E-state index < -0.39 is 0 Å². The quantitative estimate of drug-likeness (QED) is 0.942. The van der Waals surface area contributed by atoms with Crippen LogP contribution in [0.4, 0.5) is 5.69 Å². The van der Waals surface area contributed by atoms with E-state index in [2.05, 4.69) is 5.32 Å². The molecule has 1 amide bonds. The largest absolute Gasteiger partial charge is 0.486 e. The number of hydrogen-bond acceptors (Lipinski definition) is 4. The first-order chi connectivity index (χ1) is 11.1. The molecule has 5 heteroatoms. The molecule has 3 rings (SSSR count). The molecule has 2 aromatic rings. The van der Waals surface area contributed by atoms with E-state index in [-0.39, 0.29) is 12.5 Å². The summed E-state index contributed by atoms with van der Waals surface area (Å²) in [4.78, 5) is 12.0. The molecule has 0 atom stereocenters. The minimum atomic E-state index is -0.200. The molecule has 1 aliphatic rings. The van der Waals surface area contributed by atoms with Gasteiger partial charge in [0.05, 0.1) is 0 Å². The maximum Gasteiger partial charge on any atom is 0.262 e. The van der Waals surface area contributed by atoms with Crippen LogP contribution in [0.5, 0.6) is 17.2 Å². The highest BCUT2D eigenvalue weighted by molar-refractivity contribution is 5.92. The van der Waals surface area contributed by atoms with Gasteiger partial charge in [0.15, 0.2) is 18.1 Å². The highest BCUT2D eigenvalue weighted by Gasteiger charge is 2.13. The van der Waals surface area contributed by atoms with E-state index in [0.29, 0.717) is 30.5 Å². The predicted molar refractivity (Wildman–Crippen MR) is 87.5 cm³/mol. The van der Waals surface area contributed by atoms with Crippen LogP contribution in [0.25, 0.3) is 0 Å². The van der Waals surface area contributed by atoms with Crippen molar-refractivity contribution < 1.29 is 19.0 Å². The number of carbonyl (C=O) groups excluding carboxylic acids is 1. The summed E-state index contributed by atoms with van der Waals surface area (Å²) in [6.45, 7) is 4.94. The van der Waals surface area contributed by atoms with Gasteiger partial charge in [0.25, 0.3) is 5.91 Å². The zero-order chi connectivity index (χ0) is 16.2. The second kappa shape index (κ2) is 6.60. The van der Waals surface area contributed by atoms with Crippen molar-refractivity contribution >= 4 is 11.6 Å². The molecule has 120 valence electrons. The Bertz CT molecular complexity index is 727. The van der Waals surface area contributed by atoms with Crippen LogP contribution >= 0.6 is 0 Å². The second-order valence-electron chi connectivity index (χ2n) is 5.46. The van der Waals surface area contributed by atoms with Crippen molar-refractivity contribution in [1.82, 2.24) is 0 Å². The molecule has 2 aromatic carbocycles. The van der Waals surface area contributed by atoms with Crippen molar-refractivity contribution in [3.63, 3.8) is 0 Å². The number of fused-ring (bicyclic) bond motifs is 1. The van der Waals surface area contributed by atoms with Gasteiger partial charge in [0.1, 0.15) is 19.0 Å². The van der Waals surface area contributed by atoms with Gasteiger partial charge >= 0.3 is 0 Å². The Labute approximate surface area is 135 Å². The summed E-state index contributed by atoms with van der Waals surface area (Å²) in [5.74, 6) is 1.71. The number of hydrogen-bond donors (Lipinski definition) is 1. The summed E-state index contributed by atoms with van der Waals surface area (Å²) < 4.78 is 16.5. The van der Waals surface area contributed by atoms with Crippen LogP contribution in [0, 0.1) is 13.8 Å². The van der Waals surface area contributed by atoms with Crippen LogP contribution in [0.2, 0.25) is 0 Å². The average molecular weight is 313 g/mol. The molecular weight excluding hydrogens is 294 g/mol. The van der Waals surface area contributed by atoms with Gasteiger partial charge < -0.3 is 19.5 Å². The van der Waals surface area contributed by atoms with E-state index in [4.69, 9.17) is 14.2 Å². The Morgan fingerprint density at radius 1 is 1.09 bits per heavy atom. The molecule has 0 radical (unpaired) electrons. The SMILES string of the molecule is Cc1ccc(C)c(NC(=O)COc2ccc3c(c2)OCCO3)c1. The third kappa shape index (κ3) is 3.74. The third-order valence-electron chi connectivity index (χ3n) is 3.55. The van der Waals surface area contributed by atoms with Crippen LogP contribution < -0.4 is 19.5 Å². The standard InChI is InChI=1S/C18H19NO4/c1-12-3-4-13(2)15(9-12)19-18(20)11-23-14-5-6-16-17(10-14)22-8-7-21-16/h3-6,9-10H,7-8,11H2,1-2H3,(H,19,20). The van der Waals surface area contributed by atoms with E-state index in [1.807, 2.05) is 32.0 Å². The molecule has 0 aromatic heterocycles. The topological polar surface area (TPSA) is 56.8 Å². The summed E-state index contributed by atoms with van der Waals surface area (Å²) in [5.41, 5.74) is 2.92. The smallest absolute Gasteiger partial charge is 0.262 e. The molecule has 5 nitrogen and oxygen atoms in total. The van der Waals surface area contributed by atoms with Gasteiger partial charge in [0, 0.05) is 11.8 Å². The number of nitrogens with one attached hydrogen (secondary N) is 1. The second-order valence-corrected chi connectivity index (χ2v) is 5.46. The fraction of sp³-hybridized carbons (Fsp3) is 0.278. The van der Waals surface area contributed by atoms with E-state index in [0.717, 1.165) is 16.8 Å². The zero-order valence-corrected chi connectivity index (χ0v) is 13.2. The number of aryl methyl sites for hydroxylation is 2. The molecule has 23 heavy (non-hydrogen) atoms. The first-order valence-corrected chi connectivity index (χ1v) is 7.51. The van der Waals surface area contributed by atoms with Crippen molar-refractivity contribution in [3.8, 4) is 17.2 Å². The highest BCUT2D eigenvalue weighted by Crippen LogP contribution is 2.33. The summed E-state index contributed by atoms with van der Waals surface area (Å²) in [6, 6.07) is 11.2. The van der Waals surface area contributed by atoms with Gasteiger partial charge in [-0.15, -0.1) is 0 Å². The van der Waals surface area contributed by atoms with Crippen molar-refractivity contribution in [1.29, 1.82) is 0 Å². The maximum atomic E-state index is 12.0.